The molecular formula is C14H15F. The highest BCUT2D eigenvalue weighted by atomic mass is 19.1. The number of halogens is 1. The molecule has 78 valence electrons. The lowest BCUT2D eigenvalue weighted by atomic mass is 9.61. The second-order valence-corrected chi connectivity index (χ2v) is 4.89. The van der Waals surface area contributed by atoms with Gasteiger partial charge in [0.15, 0.2) is 0 Å². The highest BCUT2D eigenvalue weighted by Crippen LogP contribution is 2.50. The maximum absolute atomic E-state index is 13.9. The van der Waals surface area contributed by atoms with E-state index in [1.54, 1.807) is 6.08 Å². The van der Waals surface area contributed by atoms with Crippen LogP contribution in [0.3, 0.4) is 0 Å². The molecule has 3 aliphatic rings. The third-order valence-corrected chi connectivity index (χ3v) is 4.02. The lowest BCUT2D eigenvalue weighted by Crippen LogP contribution is -2.41. The van der Waals surface area contributed by atoms with Gasteiger partial charge in [-0.25, -0.2) is 4.39 Å². The van der Waals surface area contributed by atoms with Crippen LogP contribution in [-0.2, 0) is 5.41 Å². The zero-order valence-corrected chi connectivity index (χ0v) is 8.75. The zero-order valence-electron chi connectivity index (χ0n) is 8.75. The van der Waals surface area contributed by atoms with Crippen molar-refractivity contribution >= 4 is 0 Å². The lowest BCUT2D eigenvalue weighted by Gasteiger charge is -2.45. The van der Waals surface area contributed by atoms with Crippen LogP contribution < -0.4 is 0 Å². The van der Waals surface area contributed by atoms with E-state index in [9.17, 15) is 4.39 Å². The molecular weight excluding hydrogens is 187 g/mol. The molecule has 0 amide bonds. The van der Waals surface area contributed by atoms with Crippen molar-refractivity contribution in [3.63, 3.8) is 0 Å². The fraction of sp³-hybridized carbons (Fsp3) is 0.429. The summed E-state index contributed by atoms with van der Waals surface area (Å²) in [7, 11) is 0. The molecule has 0 spiro atoms. The predicted octanol–water partition coefficient (Wildman–Crippen LogP) is 3.78. The highest BCUT2D eigenvalue weighted by molar-refractivity contribution is 5.36. The number of hydrogen-bond acceptors (Lipinski definition) is 0. The lowest BCUT2D eigenvalue weighted by molar-refractivity contribution is 0.113. The van der Waals surface area contributed by atoms with E-state index >= 15 is 0 Å². The standard InChI is InChI=1S/C14H15F/c15-14-9-6-13(7-10-14,8-11-14)12-4-2-1-3-5-12/h1-6,9H,7-8,10-11H2. The first kappa shape index (κ1) is 9.14. The monoisotopic (exact) mass is 202 g/mol. The Balaban J connectivity index is 2.04. The van der Waals surface area contributed by atoms with Crippen LogP contribution in [0.1, 0.15) is 31.2 Å². The molecule has 4 rings (SSSR count). The smallest absolute Gasteiger partial charge is 0.129 e. The molecule has 0 nitrogen and oxygen atoms in total. The molecule has 0 heterocycles. The van der Waals surface area contributed by atoms with Gasteiger partial charge < -0.3 is 0 Å². The molecule has 0 radical (unpaired) electrons. The Kier molecular flexibility index (Phi) is 1.79. The zero-order chi connectivity index (χ0) is 10.4. The van der Waals surface area contributed by atoms with E-state index in [0.29, 0.717) is 12.8 Å². The van der Waals surface area contributed by atoms with E-state index in [0.717, 1.165) is 12.8 Å². The summed E-state index contributed by atoms with van der Waals surface area (Å²) >= 11 is 0. The van der Waals surface area contributed by atoms with Crippen LogP contribution in [0.5, 0.6) is 0 Å². The maximum Gasteiger partial charge on any atom is 0.129 e. The van der Waals surface area contributed by atoms with Gasteiger partial charge in [0, 0.05) is 5.41 Å². The maximum atomic E-state index is 13.9. The summed E-state index contributed by atoms with van der Waals surface area (Å²) in [6.07, 6.45) is 7.22. The number of rotatable bonds is 1. The Morgan fingerprint density at radius 1 is 0.867 bits per heavy atom. The molecule has 1 saturated carbocycles. The molecule has 0 N–H and O–H groups in total. The van der Waals surface area contributed by atoms with Crippen LogP contribution in [-0.4, -0.2) is 5.67 Å². The average molecular weight is 202 g/mol. The third-order valence-electron chi connectivity index (χ3n) is 4.02. The molecule has 1 aromatic carbocycles. The Morgan fingerprint density at radius 3 is 2.07 bits per heavy atom. The largest absolute Gasteiger partial charge is 0.239 e. The summed E-state index contributed by atoms with van der Waals surface area (Å²) in [6.45, 7) is 0. The first-order chi connectivity index (χ1) is 7.23. The van der Waals surface area contributed by atoms with E-state index < -0.39 is 5.67 Å². The predicted molar refractivity (Wildman–Crippen MR) is 59.6 cm³/mol. The van der Waals surface area contributed by atoms with Crippen molar-refractivity contribution in [2.45, 2.75) is 36.8 Å². The van der Waals surface area contributed by atoms with Gasteiger partial charge >= 0.3 is 0 Å². The number of hydrogen-bond donors (Lipinski definition) is 0. The first-order valence-corrected chi connectivity index (χ1v) is 5.67. The minimum Gasteiger partial charge on any atom is -0.239 e. The van der Waals surface area contributed by atoms with Gasteiger partial charge in [0.2, 0.25) is 0 Å². The molecule has 3 aliphatic carbocycles. The van der Waals surface area contributed by atoms with Crippen LogP contribution >= 0.6 is 0 Å². The molecule has 15 heavy (non-hydrogen) atoms. The van der Waals surface area contributed by atoms with Gasteiger partial charge in [-0.3, -0.25) is 0 Å². The normalized spacial score (nSPS) is 38.2. The van der Waals surface area contributed by atoms with Crippen molar-refractivity contribution in [3.05, 3.63) is 48.0 Å². The van der Waals surface area contributed by atoms with E-state index in [2.05, 4.69) is 30.3 Å². The van der Waals surface area contributed by atoms with Crippen molar-refractivity contribution in [1.82, 2.24) is 0 Å². The van der Waals surface area contributed by atoms with Crippen molar-refractivity contribution in [3.8, 4) is 0 Å². The molecule has 1 aromatic rings. The number of benzene rings is 1. The van der Waals surface area contributed by atoms with Gasteiger partial charge in [-0.15, -0.1) is 0 Å². The topological polar surface area (TPSA) is 0 Å². The van der Waals surface area contributed by atoms with Crippen LogP contribution in [0, 0.1) is 0 Å². The molecule has 0 unspecified atom stereocenters. The minimum absolute atomic E-state index is 0.134. The van der Waals surface area contributed by atoms with Gasteiger partial charge in [0.05, 0.1) is 0 Å². The van der Waals surface area contributed by atoms with Crippen molar-refractivity contribution in [2.75, 3.05) is 0 Å². The molecule has 0 saturated heterocycles. The van der Waals surface area contributed by atoms with Crippen molar-refractivity contribution in [1.29, 1.82) is 0 Å². The first-order valence-electron chi connectivity index (χ1n) is 5.67. The van der Waals surface area contributed by atoms with Crippen LogP contribution in [0.4, 0.5) is 4.39 Å². The average Bonchev–Trinajstić information content (AvgIpc) is 2.32. The second kappa shape index (κ2) is 2.94. The number of allylic oxidation sites excluding steroid dienone is 2. The Labute approximate surface area is 89.8 Å². The van der Waals surface area contributed by atoms with E-state index in [1.165, 1.54) is 5.56 Å². The van der Waals surface area contributed by atoms with Gasteiger partial charge in [-0.05, 0) is 31.2 Å². The number of alkyl halides is 1. The van der Waals surface area contributed by atoms with E-state index in [-0.39, 0.29) is 5.41 Å². The fourth-order valence-electron chi connectivity index (χ4n) is 2.91. The molecule has 1 heteroatoms. The van der Waals surface area contributed by atoms with Gasteiger partial charge in [-0.1, -0.05) is 42.5 Å². The summed E-state index contributed by atoms with van der Waals surface area (Å²) in [6, 6.07) is 10.5. The molecule has 0 atom stereocenters. The summed E-state index contributed by atoms with van der Waals surface area (Å²) in [4.78, 5) is 0. The molecule has 1 fully saturated rings. The van der Waals surface area contributed by atoms with Gasteiger partial charge in [-0.2, -0.15) is 0 Å². The van der Waals surface area contributed by atoms with Crippen LogP contribution in [0.15, 0.2) is 42.5 Å². The third kappa shape index (κ3) is 1.33. The molecule has 0 aromatic heterocycles. The summed E-state index contributed by atoms with van der Waals surface area (Å²) in [5, 5.41) is 0. The van der Waals surface area contributed by atoms with Crippen molar-refractivity contribution in [2.24, 2.45) is 0 Å². The molecule has 2 bridgehead atoms. The van der Waals surface area contributed by atoms with Crippen LogP contribution in [0.25, 0.3) is 0 Å². The fourth-order valence-corrected chi connectivity index (χ4v) is 2.91. The SMILES string of the molecule is FC12C=CC(c3ccccc3)(CC1)CC2. The van der Waals surface area contributed by atoms with Gasteiger partial charge in [0.25, 0.3) is 0 Å². The summed E-state index contributed by atoms with van der Waals surface area (Å²) in [5.41, 5.74) is 0.494. The Bertz CT molecular complexity index is 383. The highest BCUT2D eigenvalue weighted by Gasteiger charge is 2.45. The molecule has 0 aliphatic heterocycles. The van der Waals surface area contributed by atoms with Gasteiger partial charge in [0.1, 0.15) is 5.67 Å². The Morgan fingerprint density at radius 2 is 1.53 bits per heavy atom. The minimum atomic E-state index is -0.990. The van der Waals surface area contributed by atoms with Crippen LogP contribution in [0.2, 0.25) is 0 Å². The van der Waals surface area contributed by atoms with E-state index in [4.69, 9.17) is 0 Å². The second-order valence-electron chi connectivity index (χ2n) is 4.89. The van der Waals surface area contributed by atoms with E-state index in [1.807, 2.05) is 6.07 Å². The number of fused-ring (bicyclic) bond motifs is 2. The summed E-state index contributed by atoms with van der Waals surface area (Å²) in [5.74, 6) is 0. The summed E-state index contributed by atoms with van der Waals surface area (Å²) < 4.78 is 13.9. The van der Waals surface area contributed by atoms with Crippen molar-refractivity contribution < 1.29 is 4.39 Å². The Hall–Kier alpha value is -1.11. The quantitative estimate of drug-likeness (QED) is 0.608.